The van der Waals surface area contributed by atoms with E-state index in [0.717, 1.165) is 61.5 Å². The number of carbonyl (C=O) groups is 2. The minimum Gasteiger partial charge on any atom is -0.348 e. The molecule has 0 unspecified atom stereocenters. The highest BCUT2D eigenvalue weighted by atomic mass is 35.5. The maximum Gasteiger partial charge on any atom is 0.251 e. The molecule has 0 fully saturated rings. The van der Waals surface area contributed by atoms with Gasteiger partial charge in [0.2, 0.25) is 0 Å². The van der Waals surface area contributed by atoms with Crippen LogP contribution in [0.4, 0.5) is 0 Å². The van der Waals surface area contributed by atoms with Crippen LogP contribution < -0.4 is 5.32 Å². The largest absolute Gasteiger partial charge is 0.348 e. The molecule has 8 aromatic heterocycles. The summed E-state index contributed by atoms with van der Waals surface area (Å²) in [7, 11) is 0. The smallest absolute Gasteiger partial charge is 0.251 e. The number of amides is 1. The SMILES string of the molecule is C.Clc1cnc2[nH]ccc2c1.O=C(NCc1c[nH]c2ncc(Cl)cc12)c1ccnc(Cc2ccc3ncc(Cl)cc3c2)c1.O=Cc1c[nH]c2ncc(Cl)cc12. The summed E-state index contributed by atoms with van der Waals surface area (Å²) >= 11 is 23.5. The molecule has 0 saturated heterocycles. The van der Waals surface area contributed by atoms with Crippen LogP contribution in [0.2, 0.25) is 20.1 Å². The Labute approximate surface area is 334 Å². The summed E-state index contributed by atoms with van der Waals surface area (Å²) in [4.78, 5) is 53.2. The number of aromatic nitrogens is 8. The lowest BCUT2D eigenvalue weighted by Gasteiger charge is -2.07. The zero-order valence-electron chi connectivity index (χ0n) is 27.9. The Balaban J connectivity index is 0.000000181. The summed E-state index contributed by atoms with van der Waals surface area (Å²) in [6.07, 6.45) is 14.7. The fourth-order valence-corrected chi connectivity index (χ4v) is 6.30. The number of aldehydes is 1. The quantitative estimate of drug-likeness (QED) is 0.122. The number of fused-ring (bicyclic) bond motifs is 4. The molecule has 9 rings (SSSR count). The van der Waals surface area contributed by atoms with Crippen LogP contribution in [-0.2, 0) is 13.0 Å². The van der Waals surface area contributed by atoms with Gasteiger partial charge in [-0.2, -0.15) is 0 Å². The molecule has 0 aliphatic rings. The monoisotopic (exact) mass is 809 g/mol. The van der Waals surface area contributed by atoms with Crippen LogP contribution in [0, 0.1) is 0 Å². The van der Waals surface area contributed by atoms with Gasteiger partial charge in [0.1, 0.15) is 16.9 Å². The Kier molecular flexibility index (Phi) is 12.4. The van der Waals surface area contributed by atoms with E-state index in [9.17, 15) is 9.59 Å². The minimum absolute atomic E-state index is 0. The summed E-state index contributed by atoms with van der Waals surface area (Å²) in [6.45, 7) is 0.358. The third-order valence-corrected chi connectivity index (χ3v) is 9.05. The molecule has 0 bridgehead atoms. The Hall–Kier alpha value is -5.85. The molecule has 55 heavy (non-hydrogen) atoms. The van der Waals surface area contributed by atoms with Crippen LogP contribution in [0.15, 0.2) is 110 Å². The Bertz CT molecular complexity index is 2780. The molecule has 4 N–H and O–H groups in total. The highest BCUT2D eigenvalue weighted by Crippen LogP contribution is 2.22. The summed E-state index contributed by atoms with van der Waals surface area (Å²) in [5.41, 5.74) is 7.10. The fraction of sp³-hybridized carbons (Fsp3) is 0.0750. The van der Waals surface area contributed by atoms with E-state index < -0.39 is 0 Å². The van der Waals surface area contributed by atoms with Crippen LogP contribution >= 0.6 is 46.4 Å². The number of carbonyl (C=O) groups excluding carboxylic acids is 2. The molecule has 0 atom stereocenters. The number of aromatic amines is 3. The van der Waals surface area contributed by atoms with Crippen molar-refractivity contribution in [1.29, 1.82) is 0 Å². The average molecular weight is 812 g/mol. The maximum atomic E-state index is 12.7. The standard InChI is InChI=1S/C24H17Cl2N5O.C8H5ClN2O.C7H5ClN2.CH4/c25-18-7-16-5-14(1-2-22(16)28-12-18)6-20-8-15(3-4-27-20)24(32)31-11-17-10-29-23-21(17)9-19(26)13-30-23;9-6-1-7-5(4-12)2-10-8(7)11-3-6;8-6-3-5-1-2-9-7(5)10-4-6;/h1-5,7-10,12-13H,6,11H2,(H,29,30)(H,31,32);1-4H,(H,10,11);1-4H,(H,9,10);1H4. The molecule has 1 amide bonds. The van der Waals surface area contributed by atoms with Crippen molar-refractivity contribution in [1.82, 2.24) is 45.2 Å². The van der Waals surface area contributed by atoms with Crippen LogP contribution in [0.1, 0.15) is 45.0 Å². The lowest BCUT2D eigenvalue weighted by molar-refractivity contribution is 0.0950. The normalized spacial score (nSPS) is 10.7. The number of nitrogens with one attached hydrogen (secondary N) is 4. The molecule has 0 spiro atoms. The van der Waals surface area contributed by atoms with Gasteiger partial charge < -0.3 is 20.3 Å². The van der Waals surface area contributed by atoms with E-state index in [-0.39, 0.29) is 13.3 Å². The zero-order valence-corrected chi connectivity index (χ0v) is 31.0. The summed E-state index contributed by atoms with van der Waals surface area (Å²) in [5, 5.41) is 8.98. The predicted molar refractivity (Wildman–Crippen MR) is 220 cm³/mol. The number of benzene rings is 1. The molecule has 1 aromatic carbocycles. The highest BCUT2D eigenvalue weighted by molar-refractivity contribution is 6.32. The summed E-state index contributed by atoms with van der Waals surface area (Å²) in [5.74, 6) is -0.174. The van der Waals surface area contributed by atoms with Gasteiger partial charge in [-0.3, -0.25) is 19.6 Å². The van der Waals surface area contributed by atoms with Crippen LogP contribution in [-0.4, -0.2) is 52.1 Å². The average Bonchev–Trinajstić information content (AvgIpc) is 3.92. The van der Waals surface area contributed by atoms with E-state index in [2.05, 4.69) is 45.2 Å². The van der Waals surface area contributed by atoms with Gasteiger partial charge in [-0.25, -0.2) is 15.0 Å². The van der Waals surface area contributed by atoms with Gasteiger partial charge >= 0.3 is 0 Å². The van der Waals surface area contributed by atoms with Crippen molar-refractivity contribution in [3.63, 3.8) is 0 Å². The van der Waals surface area contributed by atoms with Gasteiger partial charge in [0.05, 0.1) is 25.6 Å². The van der Waals surface area contributed by atoms with Crippen molar-refractivity contribution < 1.29 is 9.59 Å². The van der Waals surface area contributed by atoms with E-state index in [0.29, 0.717) is 49.8 Å². The first kappa shape index (κ1) is 38.9. The number of pyridine rings is 5. The van der Waals surface area contributed by atoms with Crippen molar-refractivity contribution in [2.75, 3.05) is 0 Å². The third kappa shape index (κ3) is 9.45. The van der Waals surface area contributed by atoms with E-state index >= 15 is 0 Å². The Morgan fingerprint density at radius 1 is 0.673 bits per heavy atom. The van der Waals surface area contributed by atoms with Crippen molar-refractivity contribution in [2.24, 2.45) is 0 Å². The van der Waals surface area contributed by atoms with Gasteiger partial charge in [-0.05, 0) is 65.7 Å². The van der Waals surface area contributed by atoms with Crippen molar-refractivity contribution >= 4 is 103 Å². The molecule has 0 saturated carbocycles. The van der Waals surface area contributed by atoms with E-state index in [1.165, 1.54) is 6.20 Å². The Morgan fingerprint density at radius 2 is 1.33 bits per heavy atom. The molecule has 0 radical (unpaired) electrons. The number of H-pyrrole nitrogens is 3. The first-order valence-corrected chi connectivity index (χ1v) is 17.8. The van der Waals surface area contributed by atoms with Crippen LogP contribution in [0.25, 0.3) is 44.0 Å². The Morgan fingerprint density at radius 3 is 2.09 bits per heavy atom. The molecule has 0 aliphatic heterocycles. The number of rotatable bonds is 6. The summed E-state index contributed by atoms with van der Waals surface area (Å²) in [6, 6.07) is 18.8. The second-order valence-electron chi connectivity index (χ2n) is 11.9. The third-order valence-electron chi connectivity index (χ3n) is 8.22. The minimum atomic E-state index is -0.174. The van der Waals surface area contributed by atoms with Gasteiger partial charge in [-0.1, -0.05) is 59.9 Å². The lowest BCUT2D eigenvalue weighted by Crippen LogP contribution is -2.22. The van der Waals surface area contributed by atoms with Crippen molar-refractivity contribution in [3.05, 3.63) is 158 Å². The zero-order chi connectivity index (χ0) is 37.6. The van der Waals surface area contributed by atoms with Crippen molar-refractivity contribution in [3.8, 4) is 0 Å². The van der Waals surface area contributed by atoms with Gasteiger partial charge in [0, 0.05) is 101 Å². The molecule has 15 heteroatoms. The fourth-order valence-electron chi connectivity index (χ4n) is 5.65. The molecule has 9 aromatic rings. The number of hydrogen-bond acceptors (Lipinski definition) is 7. The number of halogens is 4. The molecule has 11 nitrogen and oxygen atoms in total. The molecule has 276 valence electrons. The first-order chi connectivity index (χ1) is 26.2. The molecule has 0 aliphatic carbocycles. The summed E-state index contributed by atoms with van der Waals surface area (Å²) < 4.78 is 0. The number of nitrogens with zero attached hydrogens (tertiary/aromatic N) is 5. The molecular formula is C40H31Cl4N9O2. The maximum absolute atomic E-state index is 12.7. The van der Waals surface area contributed by atoms with Gasteiger partial charge in [0.15, 0.2) is 6.29 Å². The second-order valence-corrected chi connectivity index (χ2v) is 13.7. The topological polar surface area (TPSA) is 158 Å². The van der Waals surface area contributed by atoms with Gasteiger partial charge in [0.25, 0.3) is 5.91 Å². The van der Waals surface area contributed by atoms with Crippen LogP contribution in [0.3, 0.4) is 0 Å². The molecule has 8 heterocycles. The molecular weight excluding hydrogens is 780 g/mol. The lowest BCUT2D eigenvalue weighted by atomic mass is 10.0. The van der Waals surface area contributed by atoms with E-state index in [1.54, 1.807) is 43.1 Å². The van der Waals surface area contributed by atoms with Crippen molar-refractivity contribution in [2.45, 2.75) is 20.4 Å². The van der Waals surface area contributed by atoms with E-state index in [1.807, 2.05) is 60.9 Å². The number of hydrogen-bond donors (Lipinski definition) is 4. The highest BCUT2D eigenvalue weighted by Gasteiger charge is 2.11. The second kappa shape index (κ2) is 17.5. The first-order valence-electron chi connectivity index (χ1n) is 16.3. The van der Waals surface area contributed by atoms with E-state index in [4.69, 9.17) is 46.4 Å². The predicted octanol–water partition coefficient (Wildman–Crippen LogP) is 10.2. The van der Waals surface area contributed by atoms with Gasteiger partial charge in [-0.15, -0.1) is 0 Å². The van der Waals surface area contributed by atoms with Crippen LogP contribution in [0.5, 0.6) is 0 Å².